The summed E-state index contributed by atoms with van der Waals surface area (Å²) in [7, 11) is 0. The molecule has 176 valence electrons. The van der Waals surface area contributed by atoms with Gasteiger partial charge in [0.25, 0.3) is 0 Å². The summed E-state index contributed by atoms with van der Waals surface area (Å²) in [6.07, 6.45) is -3.11. The van der Waals surface area contributed by atoms with E-state index < -0.39 is 17.7 Å². The normalized spacial score (nSPS) is 21.5. The summed E-state index contributed by atoms with van der Waals surface area (Å²) >= 11 is 0. The third kappa shape index (κ3) is 4.61. The first-order valence-electron chi connectivity index (χ1n) is 11.1. The van der Waals surface area contributed by atoms with E-state index >= 15 is 0 Å². The first kappa shape index (κ1) is 23.3. The van der Waals surface area contributed by atoms with Gasteiger partial charge in [0.05, 0.1) is 11.5 Å². The fourth-order valence-electron chi connectivity index (χ4n) is 5.34. The van der Waals surface area contributed by atoms with Gasteiger partial charge in [0.15, 0.2) is 0 Å². The van der Waals surface area contributed by atoms with Crippen LogP contribution in [0.25, 0.3) is 0 Å². The molecule has 1 N–H and O–H groups in total. The summed E-state index contributed by atoms with van der Waals surface area (Å²) < 4.78 is 53.7. The molecule has 2 aliphatic rings. The highest BCUT2D eigenvalue weighted by molar-refractivity contribution is 5.84. The van der Waals surface area contributed by atoms with Crippen LogP contribution in [-0.2, 0) is 15.8 Å². The van der Waals surface area contributed by atoms with Crippen molar-refractivity contribution in [2.45, 2.75) is 44.2 Å². The molecule has 2 fully saturated rings. The predicted molar refractivity (Wildman–Crippen MR) is 115 cm³/mol. The molecule has 2 saturated heterocycles. The molecule has 0 unspecified atom stereocenters. The van der Waals surface area contributed by atoms with E-state index in [-0.39, 0.29) is 34.5 Å². The minimum atomic E-state index is -4.53. The Morgan fingerprint density at radius 1 is 1.09 bits per heavy atom. The quantitative estimate of drug-likeness (QED) is 0.663. The number of carbonyl (C=O) groups excluding carboxylic acids is 2. The summed E-state index contributed by atoms with van der Waals surface area (Å²) in [5.41, 5.74) is -0.260. The van der Waals surface area contributed by atoms with Gasteiger partial charge >= 0.3 is 6.18 Å². The van der Waals surface area contributed by atoms with Crippen molar-refractivity contribution in [3.63, 3.8) is 0 Å². The molecule has 0 saturated carbocycles. The standard InChI is InChI=1S/C25H26F4N2O2/c1-16(19-4-2-3-5-20(19)25(27,28)29)23(33)31-12-10-24(11-13-31)14-22(32)30-15-21(24)17-6-8-18(26)9-7-17/h2-9,16,21H,10-15H2,1H3,(H,30,32)/t16-,21-/m1/s1. The van der Waals surface area contributed by atoms with E-state index in [0.717, 1.165) is 11.6 Å². The molecular formula is C25H26F4N2O2. The van der Waals surface area contributed by atoms with Crippen LogP contribution >= 0.6 is 0 Å². The molecule has 1 spiro atoms. The number of benzene rings is 2. The summed E-state index contributed by atoms with van der Waals surface area (Å²) in [6.45, 7) is 2.67. The maximum Gasteiger partial charge on any atom is 0.416 e. The molecule has 33 heavy (non-hydrogen) atoms. The van der Waals surface area contributed by atoms with Crippen molar-refractivity contribution in [1.29, 1.82) is 0 Å². The molecule has 2 aromatic carbocycles. The summed E-state index contributed by atoms with van der Waals surface area (Å²) in [5, 5.41) is 2.89. The zero-order chi connectivity index (χ0) is 23.8. The van der Waals surface area contributed by atoms with Crippen LogP contribution in [0.2, 0.25) is 0 Å². The Balaban J connectivity index is 1.52. The number of piperidine rings is 2. The van der Waals surface area contributed by atoms with E-state index in [1.807, 2.05) is 0 Å². The van der Waals surface area contributed by atoms with E-state index in [4.69, 9.17) is 0 Å². The van der Waals surface area contributed by atoms with Gasteiger partial charge in [0, 0.05) is 32.0 Å². The van der Waals surface area contributed by atoms with Crippen molar-refractivity contribution >= 4 is 11.8 Å². The monoisotopic (exact) mass is 462 g/mol. The second kappa shape index (κ2) is 8.80. The second-order valence-corrected chi connectivity index (χ2v) is 9.08. The van der Waals surface area contributed by atoms with E-state index in [2.05, 4.69) is 5.32 Å². The number of likely N-dealkylation sites (tertiary alicyclic amines) is 1. The van der Waals surface area contributed by atoms with E-state index in [0.29, 0.717) is 38.9 Å². The number of rotatable bonds is 3. The molecule has 2 heterocycles. The van der Waals surface area contributed by atoms with Crippen LogP contribution in [0.1, 0.15) is 54.7 Å². The van der Waals surface area contributed by atoms with E-state index in [1.165, 1.54) is 37.3 Å². The van der Waals surface area contributed by atoms with Crippen molar-refractivity contribution in [3.8, 4) is 0 Å². The van der Waals surface area contributed by atoms with Crippen LogP contribution < -0.4 is 5.32 Å². The first-order valence-corrected chi connectivity index (χ1v) is 11.1. The third-order valence-electron chi connectivity index (χ3n) is 7.20. The van der Waals surface area contributed by atoms with Crippen molar-refractivity contribution < 1.29 is 27.2 Å². The highest BCUT2D eigenvalue weighted by Crippen LogP contribution is 2.49. The molecule has 2 atom stereocenters. The topological polar surface area (TPSA) is 49.4 Å². The lowest BCUT2D eigenvalue weighted by Gasteiger charge is -2.49. The van der Waals surface area contributed by atoms with Gasteiger partial charge in [0.2, 0.25) is 11.8 Å². The third-order valence-corrected chi connectivity index (χ3v) is 7.20. The SMILES string of the molecule is C[C@@H](C(=O)N1CCC2(CC1)CC(=O)NC[C@@H]2c1ccc(F)cc1)c1ccccc1C(F)(F)F. The zero-order valence-electron chi connectivity index (χ0n) is 18.3. The summed E-state index contributed by atoms with van der Waals surface area (Å²) in [5.74, 6) is -1.68. The molecule has 0 aliphatic carbocycles. The Labute approximate surface area is 190 Å². The average Bonchev–Trinajstić information content (AvgIpc) is 2.79. The van der Waals surface area contributed by atoms with Gasteiger partial charge in [0.1, 0.15) is 5.82 Å². The van der Waals surface area contributed by atoms with Crippen molar-refractivity contribution in [2.24, 2.45) is 5.41 Å². The Morgan fingerprint density at radius 3 is 2.36 bits per heavy atom. The molecule has 4 rings (SSSR count). The molecular weight excluding hydrogens is 436 g/mol. The van der Waals surface area contributed by atoms with Crippen LogP contribution in [0.5, 0.6) is 0 Å². The lowest BCUT2D eigenvalue weighted by molar-refractivity contribution is -0.140. The van der Waals surface area contributed by atoms with Gasteiger partial charge in [-0.1, -0.05) is 30.3 Å². The number of alkyl halides is 3. The van der Waals surface area contributed by atoms with Crippen LogP contribution in [0.3, 0.4) is 0 Å². The fraction of sp³-hybridized carbons (Fsp3) is 0.440. The van der Waals surface area contributed by atoms with Gasteiger partial charge < -0.3 is 10.2 Å². The molecule has 8 heteroatoms. The Morgan fingerprint density at radius 2 is 1.73 bits per heavy atom. The number of hydrogen-bond donors (Lipinski definition) is 1. The minimum Gasteiger partial charge on any atom is -0.355 e. The summed E-state index contributed by atoms with van der Waals surface area (Å²) in [4.78, 5) is 27.0. The molecule has 2 aliphatic heterocycles. The van der Waals surface area contributed by atoms with Crippen molar-refractivity contribution in [3.05, 3.63) is 71.0 Å². The van der Waals surface area contributed by atoms with Crippen molar-refractivity contribution in [2.75, 3.05) is 19.6 Å². The molecule has 2 amide bonds. The van der Waals surface area contributed by atoms with Crippen molar-refractivity contribution in [1.82, 2.24) is 10.2 Å². The molecule has 0 aromatic heterocycles. The zero-order valence-corrected chi connectivity index (χ0v) is 18.3. The van der Waals surface area contributed by atoms with Gasteiger partial charge in [-0.15, -0.1) is 0 Å². The maximum absolute atomic E-state index is 13.4. The van der Waals surface area contributed by atoms with Crippen LogP contribution in [0, 0.1) is 11.2 Å². The Kier molecular flexibility index (Phi) is 6.20. The Bertz CT molecular complexity index is 1030. The highest BCUT2D eigenvalue weighted by Gasteiger charge is 2.47. The average molecular weight is 462 g/mol. The Hall–Kier alpha value is -2.90. The molecule has 0 bridgehead atoms. The van der Waals surface area contributed by atoms with Crippen LogP contribution in [-0.4, -0.2) is 36.3 Å². The second-order valence-electron chi connectivity index (χ2n) is 9.08. The largest absolute Gasteiger partial charge is 0.416 e. The van der Waals surface area contributed by atoms with Gasteiger partial charge in [-0.25, -0.2) is 4.39 Å². The lowest BCUT2D eigenvalue weighted by atomic mass is 9.62. The lowest BCUT2D eigenvalue weighted by Crippen LogP contribution is -2.53. The van der Waals surface area contributed by atoms with Gasteiger partial charge in [-0.05, 0) is 54.5 Å². The smallest absolute Gasteiger partial charge is 0.355 e. The number of nitrogens with zero attached hydrogens (tertiary/aromatic N) is 1. The highest BCUT2D eigenvalue weighted by atomic mass is 19.4. The number of amides is 2. The number of halogens is 4. The molecule has 0 radical (unpaired) electrons. The van der Waals surface area contributed by atoms with E-state index in [9.17, 15) is 27.2 Å². The molecule has 4 nitrogen and oxygen atoms in total. The number of nitrogens with one attached hydrogen (secondary N) is 1. The van der Waals surface area contributed by atoms with Crippen LogP contribution in [0.4, 0.5) is 17.6 Å². The van der Waals surface area contributed by atoms with Crippen LogP contribution in [0.15, 0.2) is 48.5 Å². The van der Waals surface area contributed by atoms with E-state index in [1.54, 1.807) is 17.0 Å². The maximum atomic E-state index is 13.4. The van der Waals surface area contributed by atoms with Gasteiger partial charge in [-0.2, -0.15) is 13.2 Å². The minimum absolute atomic E-state index is 0.0172. The summed E-state index contributed by atoms with van der Waals surface area (Å²) in [6, 6.07) is 11.4. The fourth-order valence-corrected chi connectivity index (χ4v) is 5.34. The number of hydrogen-bond acceptors (Lipinski definition) is 2. The first-order chi connectivity index (χ1) is 15.6. The predicted octanol–water partition coefficient (Wildman–Crippen LogP) is 4.86. The van der Waals surface area contributed by atoms with Gasteiger partial charge in [-0.3, -0.25) is 9.59 Å². The molecule has 2 aromatic rings. The number of carbonyl (C=O) groups is 2.